The van der Waals surface area contributed by atoms with E-state index >= 15 is 0 Å². The molecule has 1 heterocycles. The SMILES string of the molecule is O=C(OCC1OC(OC(=O)c2cc(O)c(O)c(O)c2)C(OC(=O)c2cc(O)c(O)c(O)c2)C(OCc2cc(O)c(OC(=O)c3cc(O)c(O)c(O)c3)c(O)c2)C1O)c1cc(O)c(O)c(O)c1. The summed E-state index contributed by atoms with van der Waals surface area (Å²) < 4.78 is 32.7. The highest BCUT2D eigenvalue weighted by Crippen LogP contribution is 2.42. The summed E-state index contributed by atoms with van der Waals surface area (Å²) >= 11 is 0. The Labute approximate surface area is 366 Å². The smallest absolute Gasteiger partial charge is 0.344 e. The summed E-state index contributed by atoms with van der Waals surface area (Å²) in [5.74, 6) is -20.2. The van der Waals surface area contributed by atoms with Crippen LogP contribution in [0.2, 0.25) is 0 Å². The Bertz CT molecular complexity index is 2630. The lowest BCUT2D eigenvalue weighted by molar-refractivity contribution is -0.293. The molecule has 0 saturated carbocycles. The lowest BCUT2D eigenvalue weighted by Crippen LogP contribution is -2.61. The third kappa shape index (κ3) is 9.66. The molecule has 1 fully saturated rings. The fourth-order valence-electron chi connectivity index (χ4n) is 6.12. The van der Waals surface area contributed by atoms with E-state index in [9.17, 15) is 95.8 Å². The van der Waals surface area contributed by atoms with Gasteiger partial charge in [-0.1, -0.05) is 0 Å². The minimum Gasteiger partial charge on any atom is -0.504 e. The second-order valence-corrected chi connectivity index (χ2v) is 14.0. The number of esters is 4. The summed E-state index contributed by atoms with van der Waals surface area (Å²) in [5.41, 5.74) is -2.65. The average Bonchev–Trinajstić information content (AvgIpc) is 3.26. The van der Waals surface area contributed by atoms with Gasteiger partial charge in [-0.15, -0.1) is 0 Å². The van der Waals surface area contributed by atoms with E-state index in [1.54, 1.807) is 0 Å². The Hall–Kier alpha value is -8.94. The molecule has 6 rings (SSSR count). The fraction of sp³-hybridized carbons (Fsp3) is 0.171. The van der Waals surface area contributed by atoms with Crippen molar-refractivity contribution in [1.82, 2.24) is 0 Å². The topological polar surface area (TPSA) is 427 Å². The Morgan fingerprint density at radius 1 is 0.455 bits per heavy atom. The first kappa shape index (κ1) is 46.6. The summed E-state index contributed by atoms with van der Waals surface area (Å²) in [4.78, 5) is 52.7. The molecule has 0 spiro atoms. The first-order chi connectivity index (χ1) is 31.0. The van der Waals surface area contributed by atoms with Crippen LogP contribution in [0.1, 0.15) is 47.0 Å². The molecule has 1 saturated heterocycles. The molecule has 5 unspecified atom stereocenters. The van der Waals surface area contributed by atoms with E-state index < -0.39 is 176 Å². The molecule has 0 aromatic heterocycles. The molecule has 0 bridgehead atoms. The number of phenols is 14. The van der Waals surface area contributed by atoms with E-state index in [-0.39, 0.29) is 5.56 Å². The van der Waals surface area contributed by atoms with E-state index in [0.717, 1.165) is 12.1 Å². The lowest BCUT2D eigenvalue weighted by Gasteiger charge is -2.43. The van der Waals surface area contributed by atoms with Crippen molar-refractivity contribution >= 4 is 23.9 Å². The largest absolute Gasteiger partial charge is 0.504 e. The molecule has 1 aliphatic rings. The first-order valence-electron chi connectivity index (χ1n) is 18.4. The summed E-state index contributed by atoms with van der Waals surface area (Å²) in [5, 5.41) is 151. The van der Waals surface area contributed by atoms with Crippen LogP contribution in [0.3, 0.4) is 0 Å². The van der Waals surface area contributed by atoms with E-state index in [1.165, 1.54) is 0 Å². The highest BCUT2D eigenvalue weighted by Gasteiger charge is 2.51. The van der Waals surface area contributed by atoms with Crippen LogP contribution in [-0.2, 0) is 30.3 Å². The van der Waals surface area contributed by atoms with E-state index in [2.05, 4.69) is 0 Å². The maximum absolute atomic E-state index is 13.6. The average molecular weight is 927 g/mol. The van der Waals surface area contributed by atoms with Crippen LogP contribution < -0.4 is 4.74 Å². The van der Waals surface area contributed by atoms with Gasteiger partial charge in [0.1, 0.15) is 24.9 Å². The van der Waals surface area contributed by atoms with Gasteiger partial charge in [-0.2, -0.15) is 0 Å². The third-order valence-corrected chi connectivity index (χ3v) is 9.43. The van der Waals surface area contributed by atoms with Gasteiger partial charge in [0, 0.05) is 0 Å². The van der Waals surface area contributed by atoms with Crippen LogP contribution in [0.15, 0.2) is 60.7 Å². The monoisotopic (exact) mass is 926 g/mol. The number of phenolic OH excluding ortho intramolecular Hbond substituents is 14. The van der Waals surface area contributed by atoms with Gasteiger partial charge in [0.15, 0.2) is 86.6 Å². The van der Waals surface area contributed by atoms with E-state index in [1.807, 2.05) is 0 Å². The number of carbonyl (C=O) groups is 4. The first-order valence-corrected chi connectivity index (χ1v) is 18.4. The van der Waals surface area contributed by atoms with Crippen molar-refractivity contribution in [2.45, 2.75) is 37.3 Å². The van der Waals surface area contributed by atoms with Gasteiger partial charge < -0.3 is 105 Å². The number of benzene rings is 5. The Morgan fingerprint density at radius 2 is 0.818 bits per heavy atom. The predicted molar refractivity (Wildman–Crippen MR) is 209 cm³/mol. The van der Waals surface area contributed by atoms with Crippen molar-refractivity contribution in [2.24, 2.45) is 0 Å². The van der Waals surface area contributed by atoms with Crippen LogP contribution in [0.4, 0.5) is 0 Å². The van der Waals surface area contributed by atoms with Gasteiger partial charge in [-0.05, 0) is 66.2 Å². The van der Waals surface area contributed by atoms with Crippen LogP contribution in [0.25, 0.3) is 0 Å². The quantitative estimate of drug-likeness (QED) is 0.0366. The van der Waals surface area contributed by atoms with Crippen LogP contribution in [0.5, 0.6) is 86.2 Å². The van der Waals surface area contributed by atoms with Crippen LogP contribution in [-0.4, -0.2) is 138 Å². The highest BCUT2D eigenvalue weighted by atomic mass is 16.7. The third-order valence-electron chi connectivity index (χ3n) is 9.43. The normalized spacial score (nSPS) is 17.9. The number of aliphatic hydroxyl groups is 1. The maximum Gasteiger partial charge on any atom is 0.344 e. The van der Waals surface area contributed by atoms with Gasteiger partial charge in [0.2, 0.25) is 12.0 Å². The predicted octanol–water partition coefficient (Wildman–Crippen LogP) is 1.69. The number of hydrogen-bond donors (Lipinski definition) is 15. The summed E-state index contributed by atoms with van der Waals surface area (Å²) in [6.45, 7) is -1.85. The van der Waals surface area contributed by atoms with Crippen molar-refractivity contribution in [1.29, 1.82) is 0 Å². The number of aromatic hydroxyl groups is 14. The van der Waals surface area contributed by atoms with Crippen molar-refractivity contribution in [2.75, 3.05) is 6.61 Å². The Balaban J connectivity index is 1.35. The molecule has 15 N–H and O–H groups in total. The molecule has 5 atom stereocenters. The van der Waals surface area contributed by atoms with Crippen LogP contribution in [0, 0.1) is 0 Å². The van der Waals surface area contributed by atoms with Crippen molar-refractivity contribution in [3.8, 4) is 86.2 Å². The number of aliphatic hydroxyl groups excluding tert-OH is 1. The molecule has 0 radical (unpaired) electrons. The molecule has 66 heavy (non-hydrogen) atoms. The zero-order valence-corrected chi connectivity index (χ0v) is 32.9. The van der Waals surface area contributed by atoms with Crippen molar-refractivity contribution in [3.63, 3.8) is 0 Å². The summed E-state index contributed by atoms with van der Waals surface area (Å²) in [6, 6.07) is 7.02. The molecule has 5 aromatic carbocycles. The fourth-order valence-corrected chi connectivity index (χ4v) is 6.12. The molecule has 0 amide bonds. The zero-order chi connectivity index (χ0) is 48.5. The van der Waals surface area contributed by atoms with Crippen molar-refractivity contribution < 1.29 is 124 Å². The Kier molecular flexibility index (Phi) is 13.0. The Morgan fingerprint density at radius 3 is 1.23 bits per heavy atom. The number of ether oxygens (including phenoxy) is 6. The minimum absolute atomic E-state index is 0.208. The zero-order valence-electron chi connectivity index (χ0n) is 32.9. The number of rotatable bonds is 12. The second kappa shape index (κ2) is 18.4. The standard InChI is InChI=1S/C41H34O25/c42-18-3-14(4-19(43)29(18)52)37(57)62-12-28-33(56)35(61-11-13-1-26(50)34(27(51)2-13)64-38(58)15-5-20(44)30(53)21(45)6-15)36(65-39(59)16-7-22(46)31(54)23(47)8-16)41(63-28)66-40(60)17-9-24(48)32(55)25(49)10-17/h1-10,28,33,35-36,41-56H,11-12H2. The number of carbonyl (C=O) groups excluding carboxylic acids is 4. The van der Waals surface area contributed by atoms with E-state index in [0.29, 0.717) is 48.5 Å². The summed E-state index contributed by atoms with van der Waals surface area (Å²) in [7, 11) is 0. The molecule has 1 aliphatic heterocycles. The van der Waals surface area contributed by atoms with Gasteiger partial charge in [-0.3, -0.25) is 0 Å². The highest BCUT2D eigenvalue weighted by molar-refractivity contribution is 5.94. The second-order valence-electron chi connectivity index (χ2n) is 14.0. The van der Waals surface area contributed by atoms with Gasteiger partial charge >= 0.3 is 23.9 Å². The molecular formula is C41H34O25. The molecular weight excluding hydrogens is 892 g/mol. The van der Waals surface area contributed by atoms with Gasteiger partial charge in [0.25, 0.3) is 0 Å². The molecule has 348 valence electrons. The van der Waals surface area contributed by atoms with Gasteiger partial charge in [0.05, 0.1) is 28.9 Å². The molecule has 25 heteroatoms. The lowest BCUT2D eigenvalue weighted by atomic mass is 9.98. The summed E-state index contributed by atoms with van der Waals surface area (Å²) in [6.07, 6.45) is -10.5. The molecule has 5 aromatic rings. The van der Waals surface area contributed by atoms with Crippen molar-refractivity contribution in [3.05, 3.63) is 88.5 Å². The maximum atomic E-state index is 13.6. The molecule has 0 aliphatic carbocycles. The van der Waals surface area contributed by atoms with E-state index in [4.69, 9.17) is 28.4 Å². The minimum atomic E-state index is -2.29. The number of hydrogen-bond acceptors (Lipinski definition) is 25. The van der Waals surface area contributed by atoms with Gasteiger partial charge in [-0.25, -0.2) is 19.2 Å². The molecule has 25 nitrogen and oxygen atoms in total. The van der Waals surface area contributed by atoms with Crippen LogP contribution >= 0.6 is 0 Å².